The third-order valence-electron chi connectivity index (χ3n) is 4.34. The van der Waals surface area contributed by atoms with Crippen LogP contribution in [0.2, 0.25) is 0 Å². The summed E-state index contributed by atoms with van der Waals surface area (Å²) in [4.78, 5) is 19.0. The molecule has 0 spiro atoms. The number of aromatic nitrogens is 1. The molecule has 1 atom stereocenters. The Morgan fingerprint density at radius 3 is 2.83 bits per heavy atom. The zero-order valence-corrected chi connectivity index (χ0v) is 13.9. The van der Waals surface area contributed by atoms with Crippen LogP contribution in [0.5, 0.6) is 5.88 Å². The largest absolute Gasteiger partial charge is 0.481 e. The Balaban J connectivity index is 1.56. The SMILES string of the molecule is COc1ccc(NC(=O)C2CCCN(Cc3ccccc3)C2)cn1. The first-order chi connectivity index (χ1) is 11.7. The van der Waals surface area contributed by atoms with Crippen molar-refractivity contribution in [2.75, 3.05) is 25.5 Å². The molecule has 0 radical (unpaired) electrons. The van der Waals surface area contributed by atoms with Gasteiger partial charge in [-0.15, -0.1) is 0 Å². The first-order valence-electron chi connectivity index (χ1n) is 8.32. The number of hydrogen-bond donors (Lipinski definition) is 1. The Kier molecular flexibility index (Phi) is 5.43. The molecule has 1 aliphatic rings. The van der Waals surface area contributed by atoms with Gasteiger partial charge in [0.25, 0.3) is 0 Å². The van der Waals surface area contributed by atoms with E-state index in [0.717, 1.165) is 32.5 Å². The van der Waals surface area contributed by atoms with Crippen LogP contribution < -0.4 is 10.1 Å². The molecule has 2 heterocycles. The molecule has 5 nitrogen and oxygen atoms in total. The molecule has 1 aromatic heterocycles. The summed E-state index contributed by atoms with van der Waals surface area (Å²) >= 11 is 0. The lowest BCUT2D eigenvalue weighted by molar-refractivity contribution is -0.121. The van der Waals surface area contributed by atoms with Gasteiger partial charge in [-0.3, -0.25) is 9.69 Å². The van der Waals surface area contributed by atoms with Gasteiger partial charge in [0.15, 0.2) is 0 Å². The molecule has 0 saturated carbocycles. The number of rotatable bonds is 5. The minimum atomic E-state index is 0.0181. The number of methoxy groups -OCH3 is 1. The molecule has 1 aromatic carbocycles. The summed E-state index contributed by atoms with van der Waals surface area (Å²) in [5.41, 5.74) is 2.00. The van der Waals surface area contributed by atoms with Crippen molar-refractivity contribution in [1.29, 1.82) is 0 Å². The number of nitrogens with zero attached hydrogens (tertiary/aromatic N) is 2. The molecule has 2 aromatic rings. The monoisotopic (exact) mass is 325 g/mol. The average molecular weight is 325 g/mol. The topological polar surface area (TPSA) is 54.5 Å². The molecule has 1 N–H and O–H groups in total. The Morgan fingerprint density at radius 1 is 1.29 bits per heavy atom. The Morgan fingerprint density at radius 2 is 2.12 bits per heavy atom. The molecule has 0 aliphatic carbocycles. The van der Waals surface area contributed by atoms with E-state index in [0.29, 0.717) is 11.6 Å². The fourth-order valence-electron chi connectivity index (χ4n) is 3.07. The van der Waals surface area contributed by atoms with Crippen molar-refractivity contribution in [3.63, 3.8) is 0 Å². The number of likely N-dealkylation sites (tertiary alicyclic amines) is 1. The molecular formula is C19H23N3O2. The van der Waals surface area contributed by atoms with Crippen molar-refractivity contribution in [1.82, 2.24) is 9.88 Å². The van der Waals surface area contributed by atoms with Crippen LogP contribution in [0.3, 0.4) is 0 Å². The highest BCUT2D eigenvalue weighted by atomic mass is 16.5. The summed E-state index contributed by atoms with van der Waals surface area (Å²) in [6.45, 7) is 2.74. The second-order valence-electron chi connectivity index (χ2n) is 6.14. The van der Waals surface area contributed by atoms with Crippen molar-refractivity contribution >= 4 is 11.6 Å². The quantitative estimate of drug-likeness (QED) is 0.918. The maximum atomic E-state index is 12.5. The fourth-order valence-corrected chi connectivity index (χ4v) is 3.07. The van der Waals surface area contributed by atoms with Crippen LogP contribution >= 0.6 is 0 Å². The smallest absolute Gasteiger partial charge is 0.228 e. The number of hydrogen-bond acceptors (Lipinski definition) is 4. The Hall–Kier alpha value is -2.40. The fraction of sp³-hybridized carbons (Fsp3) is 0.368. The van der Waals surface area contributed by atoms with E-state index in [4.69, 9.17) is 4.74 Å². The van der Waals surface area contributed by atoms with Crippen molar-refractivity contribution < 1.29 is 9.53 Å². The van der Waals surface area contributed by atoms with Crippen LogP contribution in [-0.4, -0.2) is 36.0 Å². The number of carbonyl (C=O) groups excluding carboxylic acids is 1. The number of anilines is 1. The minimum absolute atomic E-state index is 0.0181. The van der Waals surface area contributed by atoms with Crippen LogP contribution in [0, 0.1) is 5.92 Å². The summed E-state index contributed by atoms with van der Waals surface area (Å²) in [6, 6.07) is 14.0. The lowest BCUT2D eigenvalue weighted by Gasteiger charge is -2.32. The van der Waals surface area contributed by atoms with Gasteiger partial charge < -0.3 is 10.1 Å². The highest BCUT2D eigenvalue weighted by Gasteiger charge is 2.25. The summed E-state index contributed by atoms with van der Waals surface area (Å²) in [5, 5.41) is 2.96. The number of carbonyl (C=O) groups is 1. The molecule has 0 bridgehead atoms. The van der Waals surface area contributed by atoms with E-state index in [1.54, 1.807) is 19.4 Å². The molecule has 1 saturated heterocycles. The minimum Gasteiger partial charge on any atom is -0.481 e. The first-order valence-corrected chi connectivity index (χ1v) is 8.32. The summed E-state index contributed by atoms with van der Waals surface area (Å²) in [7, 11) is 1.57. The standard InChI is InChI=1S/C19H23N3O2/c1-24-18-10-9-17(12-20-18)21-19(23)16-8-5-11-22(14-16)13-15-6-3-2-4-7-15/h2-4,6-7,9-10,12,16H,5,8,11,13-14H2,1H3,(H,21,23). The van der Waals surface area contributed by atoms with E-state index < -0.39 is 0 Å². The van der Waals surface area contributed by atoms with Crippen LogP contribution in [0.1, 0.15) is 18.4 Å². The lowest BCUT2D eigenvalue weighted by Crippen LogP contribution is -2.40. The molecule has 1 aliphatic heterocycles. The molecule has 126 valence electrons. The molecule has 1 amide bonds. The molecule has 3 rings (SSSR count). The van der Waals surface area contributed by atoms with E-state index in [1.165, 1.54) is 5.56 Å². The van der Waals surface area contributed by atoms with Gasteiger partial charge in [0.2, 0.25) is 11.8 Å². The number of ether oxygens (including phenoxy) is 1. The lowest BCUT2D eigenvalue weighted by atomic mass is 9.96. The predicted molar refractivity (Wildman–Crippen MR) is 93.9 cm³/mol. The highest BCUT2D eigenvalue weighted by Crippen LogP contribution is 2.21. The van der Waals surface area contributed by atoms with Gasteiger partial charge in [-0.05, 0) is 31.0 Å². The number of benzene rings is 1. The average Bonchev–Trinajstić information content (AvgIpc) is 2.63. The summed E-state index contributed by atoms with van der Waals surface area (Å²) < 4.78 is 5.03. The summed E-state index contributed by atoms with van der Waals surface area (Å²) in [5.74, 6) is 0.629. The number of amides is 1. The second-order valence-corrected chi connectivity index (χ2v) is 6.14. The van der Waals surface area contributed by atoms with Crippen LogP contribution in [0.15, 0.2) is 48.7 Å². The van der Waals surface area contributed by atoms with Gasteiger partial charge in [-0.2, -0.15) is 0 Å². The van der Waals surface area contributed by atoms with Crippen LogP contribution in [0.4, 0.5) is 5.69 Å². The van der Waals surface area contributed by atoms with Gasteiger partial charge in [-0.1, -0.05) is 30.3 Å². The number of piperidine rings is 1. The molecular weight excluding hydrogens is 302 g/mol. The van der Waals surface area contributed by atoms with Gasteiger partial charge >= 0.3 is 0 Å². The second kappa shape index (κ2) is 7.93. The van der Waals surface area contributed by atoms with Crippen molar-refractivity contribution in [2.45, 2.75) is 19.4 Å². The van der Waals surface area contributed by atoms with E-state index in [1.807, 2.05) is 12.1 Å². The zero-order valence-electron chi connectivity index (χ0n) is 13.9. The Labute approximate surface area is 142 Å². The van der Waals surface area contributed by atoms with E-state index in [2.05, 4.69) is 39.5 Å². The normalized spacial score (nSPS) is 18.1. The van der Waals surface area contributed by atoms with Gasteiger partial charge in [0.05, 0.1) is 24.9 Å². The molecule has 5 heteroatoms. The molecule has 1 unspecified atom stereocenters. The molecule has 1 fully saturated rings. The predicted octanol–water partition coefficient (Wildman–Crippen LogP) is 2.94. The maximum absolute atomic E-state index is 12.5. The van der Waals surface area contributed by atoms with Crippen molar-refractivity contribution in [3.05, 3.63) is 54.2 Å². The molecule has 24 heavy (non-hydrogen) atoms. The number of pyridine rings is 1. The van der Waals surface area contributed by atoms with Crippen molar-refractivity contribution in [2.24, 2.45) is 5.92 Å². The van der Waals surface area contributed by atoms with E-state index in [-0.39, 0.29) is 11.8 Å². The third-order valence-corrected chi connectivity index (χ3v) is 4.34. The highest BCUT2D eigenvalue weighted by molar-refractivity contribution is 5.92. The first kappa shape index (κ1) is 16.5. The van der Waals surface area contributed by atoms with Gasteiger partial charge in [-0.25, -0.2) is 4.98 Å². The Bertz CT molecular complexity index is 658. The van der Waals surface area contributed by atoms with Crippen LogP contribution in [-0.2, 0) is 11.3 Å². The summed E-state index contributed by atoms with van der Waals surface area (Å²) in [6.07, 6.45) is 3.60. The number of nitrogens with one attached hydrogen (secondary N) is 1. The van der Waals surface area contributed by atoms with Gasteiger partial charge in [0, 0.05) is 19.2 Å². The van der Waals surface area contributed by atoms with Gasteiger partial charge in [0.1, 0.15) is 0 Å². The van der Waals surface area contributed by atoms with E-state index in [9.17, 15) is 4.79 Å². The zero-order chi connectivity index (χ0) is 16.8. The maximum Gasteiger partial charge on any atom is 0.228 e. The van der Waals surface area contributed by atoms with E-state index >= 15 is 0 Å². The third kappa shape index (κ3) is 4.32. The van der Waals surface area contributed by atoms with Crippen molar-refractivity contribution in [3.8, 4) is 5.88 Å². The van der Waals surface area contributed by atoms with Crippen LogP contribution in [0.25, 0.3) is 0 Å².